The lowest BCUT2D eigenvalue weighted by atomic mass is 10.2. The second kappa shape index (κ2) is 4.99. The first-order valence-corrected chi connectivity index (χ1v) is 6.84. The van der Waals surface area contributed by atoms with Gasteiger partial charge < -0.3 is 5.11 Å². The molecular weight excluding hydrogens is 280 g/mol. The van der Waals surface area contributed by atoms with E-state index in [2.05, 4.69) is 9.98 Å². The monoisotopic (exact) mass is 288 g/mol. The first-order chi connectivity index (χ1) is 9.22. The molecule has 19 heavy (non-hydrogen) atoms. The second-order valence-electron chi connectivity index (χ2n) is 3.97. The van der Waals surface area contributed by atoms with Gasteiger partial charge in [0.25, 0.3) is 0 Å². The summed E-state index contributed by atoms with van der Waals surface area (Å²) in [6.45, 7) is 0. The van der Waals surface area contributed by atoms with Gasteiger partial charge in [0.1, 0.15) is 5.75 Å². The predicted molar refractivity (Wildman–Crippen MR) is 80.0 cm³/mol. The van der Waals surface area contributed by atoms with E-state index >= 15 is 0 Å². The Morgan fingerprint density at radius 1 is 1.21 bits per heavy atom. The molecule has 3 rings (SSSR count). The minimum absolute atomic E-state index is 0.159. The summed E-state index contributed by atoms with van der Waals surface area (Å²) in [7, 11) is 0. The molecule has 2 aromatic carbocycles. The van der Waals surface area contributed by atoms with Gasteiger partial charge in [-0.25, -0.2) is 4.98 Å². The number of phenolic OH excluding ortho intramolecular Hbond substituents is 1. The molecule has 0 atom stereocenters. The fourth-order valence-corrected chi connectivity index (χ4v) is 2.59. The van der Waals surface area contributed by atoms with Gasteiger partial charge in [-0.15, -0.1) is 11.3 Å². The SMILES string of the molecule is Oc1ccc(Cl)cc1C=Nc1ccc2ncsc2c1. The Morgan fingerprint density at radius 3 is 3.00 bits per heavy atom. The molecule has 94 valence electrons. The van der Waals surface area contributed by atoms with Crippen molar-refractivity contribution in [3.63, 3.8) is 0 Å². The van der Waals surface area contributed by atoms with Crippen LogP contribution in [-0.2, 0) is 0 Å². The average Bonchev–Trinajstić information content (AvgIpc) is 2.87. The number of aliphatic imine (C=N–C) groups is 1. The van der Waals surface area contributed by atoms with Crippen LogP contribution in [0.2, 0.25) is 5.02 Å². The summed E-state index contributed by atoms with van der Waals surface area (Å²) in [5, 5.41) is 10.3. The minimum Gasteiger partial charge on any atom is -0.507 e. The van der Waals surface area contributed by atoms with Crippen LogP contribution in [0.15, 0.2) is 46.9 Å². The molecule has 0 unspecified atom stereocenters. The Hall–Kier alpha value is -1.91. The second-order valence-corrected chi connectivity index (χ2v) is 5.29. The van der Waals surface area contributed by atoms with E-state index in [9.17, 15) is 5.11 Å². The highest BCUT2D eigenvalue weighted by Crippen LogP contribution is 2.25. The number of halogens is 1. The van der Waals surface area contributed by atoms with Crippen LogP contribution in [0.25, 0.3) is 10.2 Å². The Kier molecular flexibility index (Phi) is 3.19. The van der Waals surface area contributed by atoms with Gasteiger partial charge in [-0.1, -0.05) is 11.6 Å². The van der Waals surface area contributed by atoms with E-state index in [1.54, 1.807) is 41.3 Å². The van der Waals surface area contributed by atoms with E-state index in [-0.39, 0.29) is 5.75 Å². The topological polar surface area (TPSA) is 45.5 Å². The van der Waals surface area contributed by atoms with Crippen LogP contribution in [0.1, 0.15) is 5.56 Å². The first-order valence-electron chi connectivity index (χ1n) is 5.58. The summed E-state index contributed by atoms with van der Waals surface area (Å²) in [5.74, 6) is 0.159. The van der Waals surface area contributed by atoms with Crippen molar-refractivity contribution in [1.29, 1.82) is 0 Å². The van der Waals surface area contributed by atoms with Crippen LogP contribution < -0.4 is 0 Å². The summed E-state index contributed by atoms with van der Waals surface area (Å²) < 4.78 is 1.09. The fourth-order valence-electron chi connectivity index (χ4n) is 1.70. The summed E-state index contributed by atoms with van der Waals surface area (Å²) in [6.07, 6.45) is 1.60. The van der Waals surface area contributed by atoms with E-state index in [0.29, 0.717) is 10.6 Å². The Morgan fingerprint density at radius 2 is 2.11 bits per heavy atom. The normalized spacial score (nSPS) is 11.4. The van der Waals surface area contributed by atoms with Crippen molar-refractivity contribution in [2.75, 3.05) is 0 Å². The average molecular weight is 289 g/mol. The molecule has 0 fully saturated rings. The molecular formula is C14H9ClN2OS. The highest BCUT2D eigenvalue weighted by atomic mass is 35.5. The maximum absolute atomic E-state index is 9.69. The third-order valence-electron chi connectivity index (χ3n) is 2.66. The summed E-state index contributed by atoms with van der Waals surface area (Å²) in [4.78, 5) is 8.56. The van der Waals surface area contributed by atoms with Crippen molar-refractivity contribution in [3.8, 4) is 5.75 Å². The van der Waals surface area contributed by atoms with Crippen molar-refractivity contribution in [3.05, 3.63) is 52.5 Å². The molecule has 0 bridgehead atoms. The van der Waals surface area contributed by atoms with Gasteiger partial charge >= 0.3 is 0 Å². The van der Waals surface area contributed by atoms with Gasteiger partial charge in [0, 0.05) is 16.8 Å². The number of hydrogen-bond donors (Lipinski definition) is 1. The van der Waals surface area contributed by atoms with Crippen molar-refractivity contribution in [1.82, 2.24) is 4.98 Å². The van der Waals surface area contributed by atoms with Gasteiger partial charge in [-0.2, -0.15) is 0 Å². The molecule has 1 aromatic heterocycles. The number of phenols is 1. The van der Waals surface area contributed by atoms with Crippen LogP contribution in [0.3, 0.4) is 0 Å². The van der Waals surface area contributed by atoms with Crippen LogP contribution >= 0.6 is 22.9 Å². The maximum Gasteiger partial charge on any atom is 0.124 e. The number of thiazole rings is 1. The lowest BCUT2D eigenvalue weighted by Gasteiger charge is -1.99. The number of aromatic hydroxyl groups is 1. The molecule has 3 aromatic rings. The van der Waals surface area contributed by atoms with Gasteiger partial charge in [-0.05, 0) is 36.4 Å². The number of hydrogen-bond acceptors (Lipinski definition) is 4. The molecule has 0 amide bonds. The van der Waals surface area contributed by atoms with Crippen molar-refractivity contribution < 1.29 is 5.11 Å². The van der Waals surface area contributed by atoms with Crippen molar-refractivity contribution in [2.24, 2.45) is 4.99 Å². The summed E-state index contributed by atoms with van der Waals surface area (Å²) in [6, 6.07) is 10.6. The fraction of sp³-hybridized carbons (Fsp3) is 0. The summed E-state index contributed by atoms with van der Waals surface area (Å²) in [5.41, 5.74) is 4.18. The van der Waals surface area contributed by atoms with E-state index < -0.39 is 0 Å². The minimum atomic E-state index is 0.159. The molecule has 3 nitrogen and oxygen atoms in total. The molecule has 0 radical (unpaired) electrons. The number of fused-ring (bicyclic) bond motifs is 1. The van der Waals surface area contributed by atoms with Gasteiger partial charge in [-0.3, -0.25) is 4.99 Å². The van der Waals surface area contributed by atoms with E-state index in [0.717, 1.165) is 15.9 Å². The molecule has 0 saturated carbocycles. The zero-order chi connectivity index (χ0) is 13.2. The predicted octanol–water partition coefficient (Wildman–Crippen LogP) is 4.41. The Bertz CT molecular complexity index is 767. The largest absolute Gasteiger partial charge is 0.507 e. The molecule has 0 aliphatic rings. The van der Waals surface area contributed by atoms with Crippen molar-refractivity contribution >= 4 is 45.1 Å². The standard InChI is InChI=1S/C14H9ClN2OS/c15-10-1-4-13(18)9(5-10)7-16-11-2-3-12-14(6-11)19-8-17-12/h1-8,18H. The number of benzene rings is 2. The van der Waals surface area contributed by atoms with E-state index in [1.807, 2.05) is 18.2 Å². The first kappa shape index (κ1) is 12.1. The zero-order valence-corrected chi connectivity index (χ0v) is 11.3. The Labute approximate surface area is 118 Å². The van der Waals surface area contributed by atoms with Gasteiger partial charge in [0.05, 0.1) is 21.4 Å². The molecule has 5 heteroatoms. The van der Waals surface area contributed by atoms with Crippen LogP contribution in [0, 0.1) is 0 Å². The highest BCUT2D eigenvalue weighted by Gasteiger charge is 2.00. The Balaban J connectivity index is 1.95. The van der Waals surface area contributed by atoms with Crippen LogP contribution in [-0.4, -0.2) is 16.3 Å². The van der Waals surface area contributed by atoms with Crippen molar-refractivity contribution in [2.45, 2.75) is 0 Å². The number of aromatic nitrogens is 1. The van der Waals surface area contributed by atoms with Gasteiger partial charge in [0.15, 0.2) is 0 Å². The van der Waals surface area contributed by atoms with Gasteiger partial charge in [0.2, 0.25) is 0 Å². The molecule has 0 aliphatic carbocycles. The number of nitrogens with zero attached hydrogens (tertiary/aromatic N) is 2. The molecule has 0 saturated heterocycles. The smallest absolute Gasteiger partial charge is 0.124 e. The lowest BCUT2D eigenvalue weighted by Crippen LogP contribution is -1.82. The van der Waals surface area contributed by atoms with Crippen LogP contribution in [0.5, 0.6) is 5.75 Å². The third-order valence-corrected chi connectivity index (χ3v) is 3.68. The zero-order valence-electron chi connectivity index (χ0n) is 9.75. The molecule has 0 aliphatic heterocycles. The van der Waals surface area contributed by atoms with Crippen LogP contribution in [0.4, 0.5) is 5.69 Å². The third kappa shape index (κ3) is 2.59. The van der Waals surface area contributed by atoms with E-state index in [4.69, 9.17) is 11.6 Å². The highest BCUT2D eigenvalue weighted by molar-refractivity contribution is 7.16. The quantitative estimate of drug-likeness (QED) is 0.710. The molecule has 1 heterocycles. The molecule has 0 spiro atoms. The maximum atomic E-state index is 9.69. The van der Waals surface area contributed by atoms with E-state index in [1.165, 1.54) is 0 Å². The lowest BCUT2D eigenvalue weighted by molar-refractivity contribution is 0.474. The summed E-state index contributed by atoms with van der Waals surface area (Å²) >= 11 is 7.46. The number of rotatable bonds is 2. The molecule has 1 N–H and O–H groups in total.